The van der Waals surface area contributed by atoms with Gasteiger partial charge in [0.1, 0.15) is 11.5 Å². The van der Waals surface area contributed by atoms with E-state index in [-0.39, 0.29) is 12.3 Å². The number of fused-ring (bicyclic) bond motifs is 1. The smallest absolute Gasteiger partial charge is 0.252 e. The number of carbonyl (C=O) groups excluding carboxylic acids is 1. The van der Waals surface area contributed by atoms with Crippen molar-refractivity contribution in [3.63, 3.8) is 0 Å². The van der Waals surface area contributed by atoms with Gasteiger partial charge in [0.25, 0.3) is 5.91 Å². The van der Waals surface area contributed by atoms with Gasteiger partial charge in [0.15, 0.2) is 4.80 Å². The van der Waals surface area contributed by atoms with Crippen LogP contribution in [0.15, 0.2) is 35.3 Å². The Labute approximate surface area is 160 Å². The van der Waals surface area contributed by atoms with Crippen LogP contribution in [0.1, 0.15) is 11.1 Å². The van der Waals surface area contributed by atoms with E-state index < -0.39 is 0 Å². The Morgan fingerprint density at radius 3 is 2.69 bits per heavy atom. The molecule has 0 atom stereocenters. The van der Waals surface area contributed by atoms with Gasteiger partial charge in [-0.1, -0.05) is 29.0 Å². The van der Waals surface area contributed by atoms with E-state index in [2.05, 4.69) is 4.99 Å². The highest BCUT2D eigenvalue weighted by atomic mass is 35.5. The average molecular weight is 391 g/mol. The Morgan fingerprint density at radius 2 is 2.00 bits per heavy atom. The van der Waals surface area contributed by atoms with Crippen molar-refractivity contribution in [2.45, 2.75) is 13.3 Å². The Hall–Kier alpha value is -2.31. The largest absolute Gasteiger partial charge is 0.497 e. The molecule has 1 heterocycles. The molecule has 5 nitrogen and oxygen atoms in total. The summed E-state index contributed by atoms with van der Waals surface area (Å²) in [5, 5.41) is 0.701. The lowest BCUT2D eigenvalue weighted by Gasteiger charge is -2.08. The van der Waals surface area contributed by atoms with Gasteiger partial charge in [0, 0.05) is 23.7 Å². The third kappa shape index (κ3) is 3.48. The van der Waals surface area contributed by atoms with Crippen LogP contribution in [0.25, 0.3) is 10.2 Å². The summed E-state index contributed by atoms with van der Waals surface area (Å²) in [5.41, 5.74) is 2.75. The number of hydrogen-bond donors (Lipinski definition) is 0. The Balaban J connectivity index is 1.96. The molecule has 0 saturated heterocycles. The second-order valence-electron chi connectivity index (χ2n) is 5.82. The third-order valence-corrected chi connectivity index (χ3v) is 5.71. The third-order valence-electron chi connectivity index (χ3n) is 4.21. The first-order valence-corrected chi connectivity index (χ1v) is 9.17. The number of nitrogens with zero attached hydrogens (tertiary/aromatic N) is 2. The molecule has 1 amide bonds. The number of amides is 1. The minimum Gasteiger partial charge on any atom is -0.497 e. The summed E-state index contributed by atoms with van der Waals surface area (Å²) in [7, 11) is 5.05. The molecule has 7 heteroatoms. The number of ether oxygens (including phenoxy) is 2. The standard InChI is InChI=1S/C19H19ClN2O3S/c1-11-14(20)7-8-16-18(11)22(2)19(26-16)21-17(23)9-12-5-6-13(24-3)10-15(12)25-4/h5-8,10H,9H2,1-4H3. The summed E-state index contributed by atoms with van der Waals surface area (Å²) in [5.74, 6) is 1.05. The van der Waals surface area contributed by atoms with Crippen LogP contribution in [0, 0.1) is 6.92 Å². The van der Waals surface area contributed by atoms with Crippen LogP contribution in [0.3, 0.4) is 0 Å². The summed E-state index contributed by atoms with van der Waals surface area (Å²) in [6, 6.07) is 9.19. The Kier molecular flexibility index (Phi) is 5.34. The zero-order valence-corrected chi connectivity index (χ0v) is 16.6. The fourth-order valence-corrected chi connectivity index (χ4v) is 4.06. The van der Waals surface area contributed by atoms with Crippen molar-refractivity contribution in [2.75, 3.05) is 14.2 Å². The van der Waals surface area contributed by atoms with Crippen LogP contribution in [0.5, 0.6) is 11.5 Å². The van der Waals surface area contributed by atoms with E-state index in [1.165, 1.54) is 11.3 Å². The van der Waals surface area contributed by atoms with Gasteiger partial charge in [-0.15, -0.1) is 0 Å². The van der Waals surface area contributed by atoms with E-state index in [4.69, 9.17) is 21.1 Å². The number of methoxy groups -OCH3 is 2. The van der Waals surface area contributed by atoms with Crippen LogP contribution in [-0.2, 0) is 18.3 Å². The highest BCUT2D eigenvalue weighted by Crippen LogP contribution is 2.27. The van der Waals surface area contributed by atoms with Gasteiger partial charge < -0.3 is 14.0 Å². The molecule has 2 aromatic carbocycles. The minimum absolute atomic E-state index is 0.154. The van der Waals surface area contributed by atoms with E-state index in [0.29, 0.717) is 21.3 Å². The molecule has 3 aromatic rings. The maximum atomic E-state index is 12.5. The molecule has 0 spiro atoms. The first-order valence-electron chi connectivity index (χ1n) is 7.97. The fraction of sp³-hybridized carbons (Fsp3) is 0.263. The number of hydrogen-bond acceptors (Lipinski definition) is 4. The molecule has 0 aliphatic rings. The molecule has 0 aliphatic carbocycles. The highest BCUT2D eigenvalue weighted by molar-refractivity contribution is 7.16. The monoisotopic (exact) mass is 390 g/mol. The molecule has 0 aliphatic heterocycles. The maximum Gasteiger partial charge on any atom is 0.252 e. The molecule has 3 rings (SSSR count). The van der Waals surface area contributed by atoms with Crippen molar-refractivity contribution in [1.82, 2.24) is 4.57 Å². The quantitative estimate of drug-likeness (QED) is 0.679. The van der Waals surface area contributed by atoms with Gasteiger partial charge >= 0.3 is 0 Å². The van der Waals surface area contributed by atoms with Gasteiger partial charge in [-0.3, -0.25) is 4.79 Å². The fourth-order valence-electron chi connectivity index (χ4n) is 2.82. The van der Waals surface area contributed by atoms with Gasteiger partial charge in [-0.2, -0.15) is 4.99 Å². The van der Waals surface area contributed by atoms with Crippen LogP contribution in [0.2, 0.25) is 5.02 Å². The average Bonchev–Trinajstić information content (AvgIpc) is 2.94. The zero-order chi connectivity index (χ0) is 18.8. The Morgan fingerprint density at radius 1 is 1.23 bits per heavy atom. The second kappa shape index (κ2) is 7.51. The van der Waals surface area contributed by atoms with E-state index >= 15 is 0 Å². The summed E-state index contributed by atoms with van der Waals surface area (Å²) in [6.45, 7) is 1.96. The number of thiazole rings is 1. The van der Waals surface area contributed by atoms with Crippen molar-refractivity contribution in [3.8, 4) is 11.5 Å². The van der Waals surface area contributed by atoms with Crippen molar-refractivity contribution in [1.29, 1.82) is 0 Å². The molecule has 1 aromatic heterocycles. The number of carbonyl (C=O) groups is 1. The zero-order valence-electron chi connectivity index (χ0n) is 15.0. The highest BCUT2D eigenvalue weighted by Gasteiger charge is 2.12. The normalized spacial score (nSPS) is 11.8. The molecule has 0 radical (unpaired) electrons. The van der Waals surface area contributed by atoms with Crippen molar-refractivity contribution >= 4 is 39.1 Å². The van der Waals surface area contributed by atoms with Gasteiger partial charge in [0.05, 0.1) is 30.9 Å². The topological polar surface area (TPSA) is 52.8 Å². The molecule has 26 heavy (non-hydrogen) atoms. The molecule has 0 bridgehead atoms. The number of halogens is 1. The van der Waals surface area contributed by atoms with Gasteiger partial charge in [-0.05, 0) is 30.7 Å². The van der Waals surface area contributed by atoms with E-state index in [9.17, 15) is 4.79 Å². The number of aryl methyl sites for hydroxylation is 2. The molecule has 0 fully saturated rings. The predicted molar refractivity (Wildman–Crippen MR) is 104 cm³/mol. The van der Waals surface area contributed by atoms with Crippen LogP contribution in [-0.4, -0.2) is 24.7 Å². The van der Waals surface area contributed by atoms with Crippen LogP contribution >= 0.6 is 22.9 Å². The molecular formula is C19H19ClN2O3S. The Bertz CT molecular complexity index is 1050. The lowest BCUT2D eigenvalue weighted by atomic mass is 10.1. The minimum atomic E-state index is -0.237. The van der Waals surface area contributed by atoms with Gasteiger partial charge in [0.2, 0.25) is 0 Å². The maximum absolute atomic E-state index is 12.5. The number of rotatable bonds is 4. The lowest BCUT2D eigenvalue weighted by molar-refractivity contribution is -0.117. The van der Waals surface area contributed by atoms with E-state index in [0.717, 1.165) is 21.3 Å². The van der Waals surface area contributed by atoms with E-state index in [1.54, 1.807) is 26.4 Å². The van der Waals surface area contributed by atoms with Gasteiger partial charge in [-0.25, -0.2) is 0 Å². The van der Waals surface area contributed by atoms with Crippen molar-refractivity contribution in [3.05, 3.63) is 51.3 Å². The van der Waals surface area contributed by atoms with Crippen LogP contribution in [0.4, 0.5) is 0 Å². The number of aromatic nitrogens is 1. The first-order chi connectivity index (χ1) is 12.4. The molecule has 0 saturated carbocycles. The molecular weight excluding hydrogens is 372 g/mol. The first kappa shape index (κ1) is 18.5. The van der Waals surface area contributed by atoms with Crippen molar-refractivity contribution < 1.29 is 14.3 Å². The summed E-state index contributed by atoms with van der Waals surface area (Å²) in [6.07, 6.45) is 0.154. The van der Waals surface area contributed by atoms with E-state index in [1.807, 2.05) is 36.7 Å². The summed E-state index contributed by atoms with van der Waals surface area (Å²) >= 11 is 7.68. The molecule has 0 unspecified atom stereocenters. The summed E-state index contributed by atoms with van der Waals surface area (Å²) < 4.78 is 13.5. The lowest BCUT2D eigenvalue weighted by Crippen LogP contribution is -2.14. The van der Waals surface area contributed by atoms with Crippen molar-refractivity contribution in [2.24, 2.45) is 12.0 Å². The van der Waals surface area contributed by atoms with Crippen LogP contribution < -0.4 is 14.3 Å². The molecule has 136 valence electrons. The molecule has 0 N–H and O–H groups in total. The number of benzene rings is 2. The second-order valence-corrected chi connectivity index (χ2v) is 7.24. The predicted octanol–water partition coefficient (Wildman–Crippen LogP) is 3.89. The summed E-state index contributed by atoms with van der Waals surface area (Å²) in [4.78, 5) is 17.4. The SMILES string of the molecule is COc1ccc(CC(=O)N=c2sc3ccc(Cl)c(C)c3n2C)c(OC)c1.